The number of rotatable bonds is 0. The number of hydrogen-bond acceptors (Lipinski definition) is 0. The van der Waals surface area contributed by atoms with E-state index in [0.29, 0.717) is 0 Å². The molecule has 0 heteroatoms. The highest BCUT2D eigenvalue weighted by atomic mass is 14.4. The topological polar surface area (TPSA) is 0 Å². The fourth-order valence-electron chi connectivity index (χ4n) is 16.7. The molecule has 8 aromatic rings. The Labute approximate surface area is 471 Å². The van der Waals surface area contributed by atoms with Gasteiger partial charge in [-0.15, -0.1) is 0 Å². The van der Waals surface area contributed by atoms with Gasteiger partial charge in [0.15, 0.2) is 0 Å². The minimum Gasteiger partial charge on any atom is -0.0502 e. The molecule has 0 saturated heterocycles. The van der Waals surface area contributed by atoms with Crippen molar-refractivity contribution in [1.29, 1.82) is 0 Å². The lowest BCUT2D eigenvalue weighted by Gasteiger charge is -2.23. The van der Waals surface area contributed by atoms with Gasteiger partial charge in [0.2, 0.25) is 0 Å². The van der Waals surface area contributed by atoms with Gasteiger partial charge < -0.3 is 0 Å². The van der Waals surface area contributed by atoms with Crippen LogP contribution in [0.2, 0.25) is 0 Å². The summed E-state index contributed by atoms with van der Waals surface area (Å²) in [5.74, 6) is 0. The second-order valence-electron chi connectivity index (χ2n) is 25.8. The lowest BCUT2D eigenvalue weighted by Crippen LogP contribution is -2.30. The summed E-state index contributed by atoms with van der Waals surface area (Å²) in [5, 5.41) is 14.4. The molecule has 0 saturated carbocycles. The van der Waals surface area contributed by atoms with Crippen molar-refractivity contribution in [2.24, 2.45) is 0 Å². The summed E-state index contributed by atoms with van der Waals surface area (Å²) in [4.78, 5) is 0. The maximum Gasteiger partial charge on any atom is -0.00127 e. The molecule has 0 amide bonds. The second-order valence-corrected chi connectivity index (χ2v) is 25.8. The van der Waals surface area contributed by atoms with E-state index in [1.165, 1.54) is 259 Å². The zero-order valence-corrected chi connectivity index (χ0v) is 52.0. The molecule has 0 atom stereocenters. The van der Waals surface area contributed by atoms with Gasteiger partial charge in [-0.1, -0.05) is 30.4 Å². The van der Waals surface area contributed by atoms with Gasteiger partial charge in [-0.05, 0) is 444 Å². The van der Waals surface area contributed by atoms with Crippen LogP contribution in [0.1, 0.15) is 174 Å². The normalized spacial score (nSPS) is 15.3. The Morgan fingerprint density at radius 3 is 1.09 bits per heavy atom. The van der Waals surface area contributed by atoms with Crippen molar-refractivity contribution in [2.75, 3.05) is 0 Å². The first-order valence-electron chi connectivity index (χ1n) is 29.5. The van der Waals surface area contributed by atoms with E-state index in [0.717, 1.165) is 12.8 Å². The number of allylic oxidation sites excluding steroid dienone is 12. The third kappa shape index (κ3) is 6.44. The monoisotopic (exact) mass is 1030 g/mol. The van der Waals surface area contributed by atoms with Crippen molar-refractivity contribution < 1.29 is 0 Å². The second kappa shape index (κ2) is 17.0. The molecule has 0 fully saturated rings. The van der Waals surface area contributed by atoms with Crippen LogP contribution < -0.4 is 10.4 Å². The molecule has 8 aromatic carbocycles. The molecule has 8 bridgehead atoms. The van der Waals surface area contributed by atoms with Crippen molar-refractivity contribution in [2.45, 2.75) is 172 Å². The molecule has 0 unspecified atom stereocenters. The fourth-order valence-corrected chi connectivity index (χ4v) is 16.7. The van der Waals surface area contributed by atoms with Crippen molar-refractivity contribution in [1.82, 2.24) is 0 Å². The van der Waals surface area contributed by atoms with Gasteiger partial charge in [0.25, 0.3) is 0 Å². The third-order valence-corrected chi connectivity index (χ3v) is 22.6. The Balaban J connectivity index is 1.29. The summed E-state index contributed by atoms with van der Waals surface area (Å²) in [6, 6.07) is 2.56. The molecule has 0 heterocycles. The Kier molecular flexibility index (Phi) is 11.1. The van der Waals surface area contributed by atoms with E-state index < -0.39 is 0 Å². The minimum atomic E-state index is 0.863. The molecule has 0 N–H and O–H groups in total. The average molecular weight is 1030 g/mol. The first-order chi connectivity index (χ1) is 37.3. The van der Waals surface area contributed by atoms with Gasteiger partial charge in [-0.25, -0.2) is 0 Å². The summed E-state index contributed by atoms with van der Waals surface area (Å²) < 4.78 is 0. The van der Waals surface area contributed by atoms with Crippen molar-refractivity contribution in [3.8, 4) is 0 Å². The van der Waals surface area contributed by atoms with Gasteiger partial charge in [0.05, 0.1) is 0 Å². The van der Waals surface area contributed by atoms with E-state index in [1.54, 1.807) is 0 Å². The van der Waals surface area contributed by atoms with Crippen molar-refractivity contribution >= 4 is 87.7 Å². The predicted molar refractivity (Wildman–Crippen MR) is 348 cm³/mol. The molecular weight excluding hydrogens is 949 g/mol. The van der Waals surface area contributed by atoms with Crippen LogP contribution in [0.4, 0.5) is 0 Å². The molecule has 0 spiro atoms. The lowest BCUT2D eigenvalue weighted by atomic mass is 9.81. The zero-order valence-electron chi connectivity index (χ0n) is 52.0. The van der Waals surface area contributed by atoms with Gasteiger partial charge in [0.1, 0.15) is 0 Å². The quantitative estimate of drug-likeness (QED) is 0.142. The summed E-state index contributed by atoms with van der Waals surface area (Å²) in [5.41, 5.74) is 52.0. The van der Waals surface area contributed by atoms with Crippen LogP contribution in [0, 0.1) is 159 Å². The van der Waals surface area contributed by atoms with E-state index >= 15 is 0 Å². The van der Waals surface area contributed by atoms with Crippen LogP contribution in [-0.4, -0.2) is 0 Å². The SMILES string of the molecule is Cc1c(C)c(C)c2c3c(cc(C)c2c1C)C1=CC3=CC2=c3c(C)c(C)c4c(C)c(C)c(C)c(C)c4c3=C(C=C3C=C(C=C4CC(=C1)c1c4c(C)c(C)c4c(C)c(C)c(C)c(C)c14)c1c3c(C)c(C)c3c(C)c(C)c(C)c(C)c13)C2. The molecule has 5 aliphatic rings. The van der Waals surface area contributed by atoms with Gasteiger partial charge in [-0.2, -0.15) is 0 Å². The Hall–Kier alpha value is -7.02. The highest BCUT2D eigenvalue weighted by Crippen LogP contribution is 2.56. The summed E-state index contributed by atoms with van der Waals surface area (Å²) in [6.07, 6.45) is 17.6. The fraction of sp³-hybridized carbons (Fsp3) is 0.316. The third-order valence-electron chi connectivity index (χ3n) is 22.6. The van der Waals surface area contributed by atoms with E-state index in [2.05, 4.69) is 202 Å². The molecule has 396 valence electrons. The number of fused-ring (bicyclic) bond motifs is 24. The summed E-state index contributed by atoms with van der Waals surface area (Å²) in [6.45, 7) is 54.8. The standard InChI is InChI=1S/C79H80/c1-33-24-64-56-25-60(76(64)72-46(14)38(6)34(2)42(10)65(33)72)27-57-29-62(78-69(57)53(21)50(18)67-44(12)36(4)40(8)48(16)74(67)78)31-59-32-63(79-71(59)55(23)52(20)68-45(13)37(5)41(9)49(17)75(68)79)30-58-28-61(26-56)77-70(58)54(22)51(19)66-43(11)35(3)39(7)47(15)73(66)77/h24-27,30-32H,28-29H2,1-23H3. The number of hydrogen-bond donors (Lipinski definition) is 0. The van der Waals surface area contributed by atoms with Crippen LogP contribution >= 0.6 is 0 Å². The average Bonchev–Trinajstić information content (AvgIpc) is 4.29. The molecule has 13 rings (SSSR count). The van der Waals surface area contributed by atoms with E-state index in [1.807, 2.05) is 0 Å². The highest BCUT2D eigenvalue weighted by Gasteiger charge is 2.35. The minimum absolute atomic E-state index is 0.863. The molecule has 0 radical (unpaired) electrons. The van der Waals surface area contributed by atoms with E-state index in [-0.39, 0.29) is 0 Å². The number of aryl methyl sites for hydroxylation is 12. The zero-order chi connectivity index (χ0) is 56.5. The summed E-state index contributed by atoms with van der Waals surface area (Å²) >= 11 is 0. The Bertz CT molecular complexity index is 4770. The molecule has 0 aromatic heterocycles. The Morgan fingerprint density at radius 2 is 0.557 bits per heavy atom. The van der Waals surface area contributed by atoms with Crippen LogP contribution in [0.5, 0.6) is 0 Å². The molecular formula is C79H80. The van der Waals surface area contributed by atoms with Crippen LogP contribution in [-0.2, 0) is 0 Å². The predicted octanol–water partition coefficient (Wildman–Crippen LogP) is 19.9. The molecule has 79 heavy (non-hydrogen) atoms. The molecule has 5 aliphatic carbocycles. The van der Waals surface area contributed by atoms with Crippen molar-refractivity contribution in [3.05, 3.63) is 214 Å². The largest absolute Gasteiger partial charge is 0.0502 e. The lowest BCUT2D eigenvalue weighted by molar-refractivity contribution is 1.22. The van der Waals surface area contributed by atoms with Crippen LogP contribution in [0.25, 0.3) is 87.7 Å². The Morgan fingerprint density at radius 1 is 0.215 bits per heavy atom. The van der Waals surface area contributed by atoms with Gasteiger partial charge in [-0.3, -0.25) is 0 Å². The highest BCUT2D eigenvalue weighted by molar-refractivity contribution is 6.20. The van der Waals surface area contributed by atoms with Gasteiger partial charge >= 0.3 is 0 Å². The van der Waals surface area contributed by atoms with Gasteiger partial charge in [0, 0.05) is 0 Å². The molecule has 0 nitrogen and oxygen atoms in total. The van der Waals surface area contributed by atoms with Crippen LogP contribution in [0.3, 0.4) is 0 Å². The first-order valence-corrected chi connectivity index (χ1v) is 29.5. The van der Waals surface area contributed by atoms with E-state index in [9.17, 15) is 0 Å². The maximum absolute atomic E-state index is 2.68. The first kappa shape index (κ1) is 51.4. The molecule has 0 aliphatic heterocycles. The smallest absolute Gasteiger partial charge is 0.00127 e. The van der Waals surface area contributed by atoms with E-state index in [4.69, 9.17) is 0 Å². The van der Waals surface area contributed by atoms with Crippen molar-refractivity contribution in [3.63, 3.8) is 0 Å². The maximum atomic E-state index is 2.68. The van der Waals surface area contributed by atoms with Crippen LogP contribution in [0.15, 0.2) is 42.5 Å². The number of benzene rings is 8. The summed E-state index contributed by atoms with van der Waals surface area (Å²) in [7, 11) is 0.